The first-order valence-electron chi connectivity index (χ1n) is 11.8. The molecule has 1 heterocycles. The molecule has 2 N–H and O–H groups in total. The number of hydrogen-bond donors (Lipinski definition) is 2. The van der Waals surface area contributed by atoms with Crippen LogP contribution in [0.15, 0.2) is 54.6 Å². The van der Waals surface area contributed by atoms with Gasteiger partial charge in [-0.1, -0.05) is 56.3 Å². The van der Waals surface area contributed by atoms with Crippen LogP contribution in [0.4, 0.5) is 0 Å². The van der Waals surface area contributed by atoms with Crippen LogP contribution >= 0.6 is 0 Å². The van der Waals surface area contributed by atoms with Crippen molar-refractivity contribution in [2.45, 2.75) is 39.0 Å². The van der Waals surface area contributed by atoms with Gasteiger partial charge in [0.25, 0.3) is 0 Å². The van der Waals surface area contributed by atoms with Gasteiger partial charge in [-0.2, -0.15) is 0 Å². The molecule has 0 saturated carbocycles. The molecule has 3 atom stereocenters. The van der Waals surface area contributed by atoms with Gasteiger partial charge in [0, 0.05) is 13.1 Å². The van der Waals surface area contributed by atoms with Crippen LogP contribution in [0.25, 0.3) is 0 Å². The molecule has 1 fully saturated rings. The van der Waals surface area contributed by atoms with Crippen molar-refractivity contribution in [3.05, 3.63) is 65.7 Å². The largest absolute Gasteiger partial charge is 0.508 e. The predicted octanol–water partition coefficient (Wildman–Crippen LogP) is 3.53. The van der Waals surface area contributed by atoms with Gasteiger partial charge in [0.15, 0.2) is 0 Å². The van der Waals surface area contributed by atoms with Crippen molar-refractivity contribution >= 4 is 11.9 Å². The van der Waals surface area contributed by atoms with Gasteiger partial charge in [0.05, 0.1) is 12.5 Å². The van der Waals surface area contributed by atoms with Gasteiger partial charge in [-0.25, -0.2) is 0 Å². The van der Waals surface area contributed by atoms with E-state index in [0.717, 1.165) is 30.6 Å². The van der Waals surface area contributed by atoms with E-state index < -0.39 is 5.97 Å². The normalized spacial score (nSPS) is 21.8. The Bertz CT molecular complexity index is 933. The number of aromatic hydroxyl groups is 1. The fourth-order valence-electron chi connectivity index (χ4n) is 4.74. The van der Waals surface area contributed by atoms with Gasteiger partial charge in [-0.15, -0.1) is 0 Å². The van der Waals surface area contributed by atoms with Gasteiger partial charge < -0.3 is 20.1 Å². The highest BCUT2D eigenvalue weighted by Gasteiger charge is 2.39. The Kier molecular flexibility index (Phi) is 8.50. The Labute approximate surface area is 196 Å². The Hall–Kier alpha value is -2.86. The van der Waals surface area contributed by atoms with Crippen molar-refractivity contribution in [2.75, 3.05) is 32.8 Å². The summed E-state index contributed by atoms with van der Waals surface area (Å²) in [5.41, 5.74) is 2.22. The first-order chi connectivity index (χ1) is 15.8. The van der Waals surface area contributed by atoms with Gasteiger partial charge in [0.1, 0.15) is 12.3 Å². The fraction of sp³-hybridized carbons (Fsp3) is 0.481. The molecule has 1 saturated heterocycles. The molecule has 1 aliphatic heterocycles. The van der Waals surface area contributed by atoms with Gasteiger partial charge in [-0.05, 0) is 60.9 Å². The van der Waals surface area contributed by atoms with E-state index in [0.29, 0.717) is 31.2 Å². The smallest absolute Gasteiger partial charge is 0.325 e. The molecule has 6 nitrogen and oxygen atoms in total. The molecule has 3 rings (SSSR count). The average molecular weight is 453 g/mol. The zero-order chi connectivity index (χ0) is 23.8. The number of carbonyl (C=O) groups is 2. The minimum Gasteiger partial charge on any atom is -0.508 e. The lowest BCUT2D eigenvalue weighted by Crippen LogP contribution is -2.50. The summed E-state index contributed by atoms with van der Waals surface area (Å²) in [6.07, 6.45) is 1.56. The summed E-state index contributed by atoms with van der Waals surface area (Å²) in [4.78, 5) is 27.1. The lowest BCUT2D eigenvalue weighted by molar-refractivity contribution is -0.143. The second kappa shape index (κ2) is 11.3. The summed E-state index contributed by atoms with van der Waals surface area (Å²) >= 11 is 0. The number of rotatable bonds is 9. The lowest BCUT2D eigenvalue weighted by atomic mass is 9.68. The van der Waals surface area contributed by atoms with Gasteiger partial charge in [0.2, 0.25) is 5.91 Å². The number of nitrogens with one attached hydrogen (secondary N) is 1. The molecule has 33 heavy (non-hydrogen) atoms. The maximum atomic E-state index is 13.0. The van der Waals surface area contributed by atoms with E-state index >= 15 is 0 Å². The third kappa shape index (κ3) is 6.57. The van der Waals surface area contributed by atoms with E-state index in [4.69, 9.17) is 4.74 Å². The number of hydrogen-bond acceptors (Lipinski definition) is 5. The third-order valence-electron chi connectivity index (χ3n) is 6.96. The topological polar surface area (TPSA) is 78.9 Å². The zero-order valence-electron chi connectivity index (χ0n) is 19.9. The van der Waals surface area contributed by atoms with Gasteiger partial charge in [-0.3, -0.25) is 9.59 Å². The highest BCUT2D eigenvalue weighted by atomic mass is 16.5. The molecule has 2 aromatic rings. The summed E-state index contributed by atoms with van der Waals surface area (Å²) in [5, 5.41) is 12.7. The zero-order valence-corrected chi connectivity index (χ0v) is 19.9. The van der Waals surface area contributed by atoms with Crippen LogP contribution in [0.3, 0.4) is 0 Å². The van der Waals surface area contributed by atoms with E-state index in [1.165, 1.54) is 0 Å². The molecule has 1 aliphatic rings. The van der Waals surface area contributed by atoms with E-state index in [1.54, 1.807) is 13.0 Å². The first kappa shape index (κ1) is 24.8. The number of amides is 1. The van der Waals surface area contributed by atoms with Crippen molar-refractivity contribution in [1.29, 1.82) is 0 Å². The Morgan fingerprint density at radius 2 is 1.97 bits per heavy atom. The second-order valence-corrected chi connectivity index (χ2v) is 9.29. The minimum atomic E-state index is -0.419. The monoisotopic (exact) mass is 452 g/mol. The quantitative estimate of drug-likeness (QED) is 0.569. The maximum Gasteiger partial charge on any atom is 0.325 e. The molecule has 0 spiro atoms. The van der Waals surface area contributed by atoms with Crippen LogP contribution < -0.4 is 5.32 Å². The number of piperidine rings is 1. The van der Waals surface area contributed by atoms with E-state index in [1.807, 2.05) is 42.5 Å². The van der Waals surface area contributed by atoms with Crippen molar-refractivity contribution in [3.63, 3.8) is 0 Å². The molecule has 0 aliphatic carbocycles. The van der Waals surface area contributed by atoms with Crippen molar-refractivity contribution < 1.29 is 19.4 Å². The number of carbonyl (C=O) groups excluding carboxylic acids is 2. The molecule has 0 aromatic heterocycles. The van der Waals surface area contributed by atoms with E-state index in [9.17, 15) is 14.7 Å². The molecule has 1 amide bonds. The highest BCUT2D eigenvalue weighted by molar-refractivity contribution is 5.83. The van der Waals surface area contributed by atoms with Crippen LogP contribution in [0.1, 0.15) is 38.3 Å². The SMILES string of the molecule is CCOC(=O)CNC(=O)C(Cc1ccccc1)CN1CC[C@@](C)(c2cccc(O)c2)[C@@H](C)C1. The summed E-state index contributed by atoms with van der Waals surface area (Å²) in [5.74, 6) is -0.157. The fourth-order valence-corrected chi connectivity index (χ4v) is 4.74. The molecular formula is C27H36N2O4. The van der Waals surface area contributed by atoms with Crippen molar-refractivity contribution in [2.24, 2.45) is 11.8 Å². The van der Waals surface area contributed by atoms with Crippen molar-refractivity contribution in [3.8, 4) is 5.75 Å². The number of nitrogens with zero attached hydrogens (tertiary/aromatic N) is 1. The standard InChI is InChI=1S/C27H36N2O4/c1-4-33-25(31)17-28-26(32)22(15-21-9-6-5-7-10-21)19-29-14-13-27(3,20(2)18-29)23-11-8-12-24(30)16-23/h5-12,16,20,22,30H,4,13-15,17-19H2,1-3H3,(H,28,32)/t20-,22?,27+/m0/s1. The van der Waals surface area contributed by atoms with Crippen LogP contribution in [0.2, 0.25) is 0 Å². The average Bonchev–Trinajstić information content (AvgIpc) is 2.80. The molecule has 0 bridgehead atoms. The number of phenolic OH excluding ortho intramolecular Hbond substituents is 1. The highest BCUT2D eigenvalue weighted by Crippen LogP contribution is 2.40. The summed E-state index contributed by atoms with van der Waals surface area (Å²) in [6, 6.07) is 17.6. The third-order valence-corrected chi connectivity index (χ3v) is 6.96. The van der Waals surface area contributed by atoms with E-state index in [-0.39, 0.29) is 23.8 Å². The number of benzene rings is 2. The number of likely N-dealkylation sites (tertiary alicyclic amines) is 1. The Balaban J connectivity index is 1.68. The lowest BCUT2D eigenvalue weighted by Gasteiger charge is -2.45. The maximum absolute atomic E-state index is 13.0. The molecule has 0 radical (unpaired) electrons. The molecule has 1 unspecified atom stereocenters. The summed E-state index contributed by atoms with van der Waals surface area (Å²) < 4.78 is 4.95. The van der Waals surface area contributed by atoms with Crippen LogP contribution in [-0.4, -0.2) is 54.7 Å². The first-order valence-corrected chi connectivity index (χ1v) is 11.8. The van der Waals surface area contributed by atoms with Crippen LogP contribution in [0, 0.1) is 11.8 Å². The molecule has 178 valence electrons. The number of phenols is 1. The van der Waals surface area contributed by atoms with E-state index in [2.05, 4.69) is 30.1 Å². The van der Waals surface area contributed by atoms with Crippen molar-refractivity contribution in [1.82, 2.24) is 10.2 Å². The molecule has 2 aromatic carbocycles. The minimum absolute atomic E-state index is 0.0314. The number of ether oxygens (including phenoxy) is 1. The Morgan fingerprint density at radius 1 is 1.21 bits per heavy atom. The van der Waals surface area contributed by atoms with Crippen LogP contribution in [0.5, 0.6) is 5.75 Å². The Morgan fingerprint density at radius 3 is 2.64 bits per heavy atom. The predicted molar refractivity (Wildman–Crippen MR) is 129 cm³/mol. The summed E-state index contributed by atoms with van der Waals surface area (Å²) in [7, 11) is 0. The van der Waals surface area contributed by atoms with Gasteiger partial charge >= 0.3 is 5.97 Å². The number of esters is 1. The summed E-state index contributed by atoms with van der Waals surface area (Å²) in [6.45, 7) is 8.80. The second-order valence-electron chi connectivity index (χ2n) is 9.29. The molecule has 6 heteroatoms. The molecular weight excluding hydrogens is 416 g/mol. The van der Waals surface area contributed by atoms with Crippen LogP contribution in [-0.2, 0) is 26.2 Å².